The Labute approximate surface area is 55.5 Å². The van der Waals surface area contributed by atoms with Crippen LogP contribution >= 0.6 is 0 Å². The van der Waals surface area contributed by atoms with Crippen molar-refractivity contribution in [3.63, 3.8) is 0 Å². The lowest BCUT2D eigenvalue weighted by atomic mass is 10.4. The molecule has 0 aliphatic rings. The molecule has 1 atom stereocenters. The smallest absolute Gasteiger partial charge is 0.108 e. The summed E-state index contributed by atoms with van der Waals surface area (Å²) in [4.78, 5) is 0. The van der Waals surface area contributed by atoms with Crippen LogP contribution in [-0.2, 0) is 0 Å². The maximum Gasteiger partial charge on any atom is 0.108 e. The lowest BCUT2D eigenvalue weighted by Crippen LogP contribution is -2.47. The Morgan fingerprint density at radius 1 is 1.56 bits per heavy atom. The topological polar surface area (TPSA) is 62.1 Å². The Morgan fingerprint density at radius 3 is 2.44 bits per heavy atom. The molecule has 0 aromatic heterocycles. The van der Waals surface area contributed by atoms with E-state index in [-0.39, 0.29) is 6.17 Å². The van der Waals surface area contributed by atoms with Crippen LogP contribution in [-0.4, -0.2) is 20.3 Å². The predicted molar refractivity (Wildman–Crippen MR) is 38.4 cm³/mol. The van der Waals surface area contributed by atoms with Gasteiger partial charge >= 0.3 is 0 Å². The van der Waals surface area contributed by atoms with Crippen LogP contribution in [0.25, 0.3) is 0 Å². The van der Waals surface area contributed by atoms with Gasteiger partial charge in [-0.25, -0.2) is 5.43 Å². The second kappa shape index (κ2) is 4.31. The van der Waals surface area contributed by atoms with Gasteiger partial charge in [-0.15, -0.1) is 0 Å². The van der Waals surface area contributed by atoms with Gasteiger partial charge < -0.3 is 11.1 Å². The van der Waals surface area contributed by atoms with Gasteiger partial charge in [0.2, 0.25) is 0 Å². The van der Waals surface area contributed by atoms with Crippen molar-refractivity contribution in [1.82, 2.24) is 16.2 Å². The number of nitrogens with one attached hydrogen (secondary N) is 3. The molecule has 4 nitrogen and oxygen atoms in total. The summed E-state index contributed by atoms with van der Waals surface area (Å²) in [5, 5.41) is 2.83. The Balaban J connectivity index is 3.45. The number of nitrogens with two attached hydrogens (primary N) is 1. The first-order chi connectivity index (χ1) is 4.22. The molecule has 0 spiro atoms. The number of rotatable bonds is 4. The molecule has 5 N–H and O–H groups in total. The zero-order valence-electron chi connectivity index (χ0n) is 5.86. The van der Waals surface area contributed by atoms with Gasteiger partial charge in [-0.1, -0.05) is 6.58 Å². The third kappa shape index (κ3) is 3.07. The Hall–Kier alpha value is -0.580. The first kappa shape index (κ1) is 8.42. The average molecular weight is 130 g/mol. The fourth-order valence-electron chi connectivity index (χ4n) is 0.398. The molecule has 0 aromatic rings. The van der Waals surface area contributed by atoms with Gasteiger partial charge in [0.25, 0.3) is 0 Å². The van der Waals surface area contributed by atoms with Gasteiger partial charge in [0.15, 0.2) is 0 Å². The Kier molecular flexibility index (Phi) is 4.04. The first-order valence-electron chi connectivity index (χ1n) is 2.76. The molecular formula is C5H14N4. The number of hydrazine groups is 1. The van der Waals surface area contributed by atoms with E-state index in [9.17, 15) is 0 Å². The first-order valence-corrected chi connectivity index (χ1v) is 2.76. The minimum atomic E-state index is -0.236. The minimum Gasteiger partial charge on any atom is -0.389 e. The standard InChI is InChI=1S/C5H14N4/c1-4(7-2)5(6)9-8-3/h5,7-9H,1,6H2,2-3H3. The summed E-state index contributed by atoms with van der Waals surface area (Å²) in [7, 11) is 3.53. The monoisotopic (exact) mass is 130 g/mol. The maximum absolute atomic E-state index is 5.50. The fourth-order valence-corrected chi connectivity index (χ4v) is 0.398. The summed E-state index contributed by atoms with van der Waals surface area (Å²) in [5.41, 5.74) is 11.7. The molecule has 9 heavy (non-hydrogen) atoms. The van der Waals surface area contributed by atoms with E-state index in [1.54, 1.807) is 14.1 Å². The number of hydrogen-bond donors (Lipinski definition) is 4. The van der Waals surface area contributed by atoms with Crippen LogP contribution in [0.2, 0.25) is 0 Å². The lowest BCUT2D eigenvalue weighted by Gasteiger charge is -2.14. The van der Waals surface area contributed by atoms with Crippen molar-refractivity contribution in [2.75, 3.05) is 14.1 Å². The van der Waals surface area contributed by atoms with Crippen molar-refractivity contribution in [3.8, 4) is 0 Å². The van der Waals surface area contributed by atoms with Crippen molar-refractivity contribution in [1.29, 1.82) is 0 Å². The van der Waals surface area contributed by atoms with Crippen molar-refractivity contribution in [2.24, 2.45) is 5.73 Å². The second-order valence-corrected chi connectivity index (χ2v) is 1.65. The minimum absolute atomic E-state index is 0.236. The average Bonchev–Trinajstić information content (AvgIpc) is 1.87. The van der Waals surface area contributed by atoms with E-state index in [4.69, 9.17) is 5.73 Å². The second-order valence-electron chi connectivity index (χ2n) is 1.65. The predicted octanol–water partition coefficient (Wildman–Crippen LogP) is -1.27. The summed E-state index contributed by atoms with van der Waals surface area (Å²) in [6.45, 7) is 3.65. The number of likely N-dealkylation sites (N-methyl/N-ethyl adjacent to an activating group) is 1. The molecule has 0 rings (SSSR count). The van der Waals surface area contributed by atoms with Crippen LogP contribution in [0.15, 0.2) is 12.3 Å². The van der Waals surface area contributed by atoms with Crippen LogP contribution in [0.5, 0.6) is 0 Å². The molecule has 0 saturated heterocycles. The van der Waals surface area contributed by atoms with Crippen molar-refractivity contribution in [3.05, 3.63) is 12.3 Å². The maximum atomic E-state index is 5.50. The van der Waals surface area contributed by atoms with E-state index in [2.05, 4.69) is 22.7 Å². The van der Waals surface area contributed by atoms with E-state index in [1.807, 2.05) is 0 Å². The molecule has 0 aliphatic heterocycles. The van der Waals surface area contributed by atoms with Gasteiger partial charge in [-0.2, -0.15) is 0 Å². The SMILES string of the molecule is C=C(NC)C(N)NNC. The Bertz CT molecular complexity index is 91.0. The van der Waals surface area contributed by atoms with E-state index in [0.29, 0.717) is 0 Å². The van der Waals surface area contributed by atoms with Gasteiger partial charge in [-0.3, -0.25) is 5.43 Å². The molecule has 0 saturated carbocycles. The van der Waals surface area contributed by atoms with Crippen molar-refractivity contribution >= 4 is 0 Å². The van der Waals surface area contributed by atoms with Gasteiger partial charge in [0.05, 0.1) is 0 Å². The molecule has 0 heterocycles. The molecular weight excluding hydrogens is 116 g/mol. The van der Waals surface area contributed by atoms with E-state index in [1.165, 1.54) is 0 Å². The van der Waals surface area contributed by atoms with Crippen LogP contribution in [0.3, 0.4) is 0 Å². The Morgan fingerprint density at radius 2 is 2.11 bits per heavy atom. The fraction of sp³-hybridized carbons (Fsp3) is 0.600. The molecule has 0 aromatic carbocycles. The molecule has 0 fully saturated rings. The molecule has 0 amide bonds. The van der Waals surface area contributed by atoms with Crippen molar-refractivity contribution < 1.29 is 0 Å². The normalized spacial score (nSPS) is 12.8. The van der Waals surface area contributed by atoms with Crippen LogP contribution in [0.1, 0.15) is 0 Å². The highest BCUT2D eigenvalue weighted by Crippen LogP contribution is 1.81. The summed E-state index contributed by atoms with van der Waals surface area (Å²) in [6, 6.07) is 0. The zero-order chi connectivity index (χ0) is 7.28. The van der Waals surface area contributed by atoms with Crippen molar-refractivity contribution in [2.45, 2.75) is 6.17 Å². The molecule has 4 heteroatoms. The highest BCUT2D eigenvalue weighted by atomic mass is 15.4. The molecule has 0 bridgehead atoms. The van der Waals surface area contributed by atoms with Crippen LogP contribution in [0, 0.1) is 0 Å². The zero-order valence-corrected chi connectivity index (χ0v) is 5.86. The summed E-state index contributed by atoms with van der Waals surface area (Å²) >= 11 is 0. The third-order valence-corrected chi connectivity index (χ3v) is 0.996. The quantitative estimate of drug-likeness (QED) is 0.283. The third-order valence-electron chi connectivity index (χ3n) is 0.996. The highest BCUT2D eigenvalue weighted by Gasteiger charge is 2.00. The van der Waals surface area contributed by atoms with Gasteiger partial charge in [-0.05, 0) is 7.05 Å². The molecule has 54 valence electrons. The van der Waals surface area contributed by atoms with E-state index < -0.39 is 0 Å². The summed E-state index contributed by atoms with van der Waals surface area (Å²) in [5.74, 6) is 0. The molecule has 0 aliphatic carbocycles. The van der Waals surface area contributed by atoms with Crippen LogP contribution < -0.4 is 21.9 Å². The van der Waals surface area contributed by atoms with Gasteiger partial charge in [0, 0.05) is 12.7 Å². The van der Waals surface area contributed by atoms with E-state index in [0.717, 1.165) is 5.70 Å². The van der Waals surface area contributed by atoms with Gasteiger partial charge in [0.1, 0.15) is 6.17 Å². The number of hydrogen-bond acceptors (Lipinski definition) is 4. The summed E-state index contributed by atoms with van der Waals surface area (Å²) in [6.07, 6.45) is -0.236. The van der Waals surface area contributed by atoms with Crippen LogP contribution in [0.4, 0.5) is 0 Å². The molecule has 1 unspecified atom stereocenters. The largest absolute Gasteiger partial charge is 0.389 e. The molecule has 0 radical (unpaired) electrons. The lowest BCUT2D eigenvalue weighted by molar-refractivity contribution is 0.503. The summed E-state index contributed by atoms with van der Waals surface area (Å²) < 4.78 is 0. The highest BCUT2D eigenvalue weighted by molar-refractivity contribution is 4.97. The van der Waals surface area contributed by atoms with E-state index >= 15 is 0 Å².